The number of aliphatic carboxylic acids is 1. The molecular formula is C57H71Cl3N3O3S+. The number of carboxylic acids is 1. The lowest BCUT2D eigenvalue weighted by atomic mass is 9.81. The van der Waals surface area contributed by atoms with E-state index in [1.54, 1.807) is 12.1 Å². The predicted octanol–water partition coefficient (Wildman–Crippen LogP) is 14.9. The molecule has 3 aliphatic rings. The van der Waals surface area contributed by atoms with E-state index in [0.717, 1.165) is 88.3 Å². The minimum atomic E-state index is -0.724. The Bertz CT molecular complexity index is 2370. The Kier molecular flexibility index (Phi) is 20.1. The Morgan fingerprint density at radius 1 is 0.851 bits per heavy atom. The van der Waals surface area contributed by atoms with Crippen LogP contribution in [0.5, 0.6) is 5.75 Å². The van der Waals surface area contributed by atoms with Gasteiger partial charge in [-0.25, -0.2) is 0 Å². The molecule has 6 nitrogen and oxygen atoms in total. The van der Waals surface area contributed by atoms with Gasteiger partial charge in [-0.3, -0.25) is 9.69 Å². The number of benzene rings is 3. The molecule has 0 radical (unpaired) electrons. The first-order valence-electron chi connectivity index (χ1n) is 24.5. The maximum atomic E-state index is 11.1. The summed E-state index contributed by atoms with van der Waals surface area (Å²) in [6.45, 7) is 14.3. The van der Waals surface area contributed by atoms with Crippen molar-refractivity contribution in [3.8, 4) is 18.1 Å². The third-order valence-corrected chi connectivity index (χ3v) is 15.7. The van der Waals surface area contributed by atoms with E-state index in [1.165, 1.54) is 70.1 Å². The number of anilines is 1. The third-order valence-electron chi connectivity index (χ3n) is 13.5. The highest BCUT2D eigenvalue weighted by atomic mass is 35.5. The van der Waals surface area contributed by atoms with Gasteiger partial charge in [0.05, 0.1) is 23.6 Å². The lowest BCUT2D eigenvalue weighted by Crippen LogP contribution is -2.28. The van der Waals surface area contributed by atoms with Crippen LogP contribution in [-0.2, 0) is 15.6 Å². The number of hydrogen-bond donors (Lipinski definition) is 1. The first kappa shape index (κ1) is 52.5. The molecule has 10 heteroatoms. The first-order chi connectivity index (χ1) is 32.3. The number of carboxylic acid groups (broad SMARTS) is 1. The molecule has 6 rings (SSSR count). The van der Waals surface area contributed by atoms with E-state index in [-0.39, 0.29) is 17.3 Å². The number of thioether (sulfide) groups is 1. The molecule has 1 aliphatic carbocycles. The molecule has 0 fully saturated rings. The second-order valence-electron chi connectivity index (χ2n) is 19.1. The molecule has 0 unspecified atom stereocenters. The van der Waals surface area contributed by atoms with E-state index < -0.39 is 5.97 Å². The molecule has 3 aromatic rings. The van der Waals surface area contributed by atoms with Gasteiger partial charge in [-0.1, -0.05) is 116 Å². The molecular weight excluding hydrogens is 913 g/mol. The topological polar surface area (TPSA) is 56.0 Å². The van der Waals surface area contributed by atoms with Crippen LogP contribution in [0.25, 0.3) is 0 Å². The van der Waals surface area contributed by atoms with Gasteiger partial charge in [-0.05, 0) is 137 Å². The Morgan fingerprint density at radius 2 is 1.58 bits per heavy atom. The number of hydrogen-bond acceptors (Lipinski definition) is 5. The van der Waals surface area contributed by atoms with Gasteiger partial charge in [0, 0.05) is 70.5 Å². The van der Waals surface area contributed by atoms with Gasteiger partial charge in [-0.15, -0.1) is 6.42 Å². The van der Waals surface area contributed by atoms with Crippen molar-refractivity contribution in [2.75, 3.05) is 55.7 Å². The highest BCUT2D eigenvalue weighted by Crippen LogP contribution is 2.48. The normalized spacial score (nSPS) is 17.6. The van der Waals surface area contributed by atoms with Gasteiger partial charge in [0.2, 0.25) is 5.69 Å². The Hall–Kier alpha value is -3.90. The minimum Gasteiger partial charge on any atom is -0.492 e. The summed E-state index contributed by atoms with van der Waals surface area (Å²) in [5.74, 6) is 5.08. The average Bonchev–Trinajstić information content (AvgIpc) is 3.65. The lowest BCUT2D eigenvalue weighted by molar-refractivity contribution is -0.438. The lowest BCUT2D eigenvalue weighted by Gasteiger charge is -2.27. The summed E-state index contributed by atoms with van der Waals surface area (Å²) in [7, 11) is 0. The van der Waals surface area contributed by atoms with E-state index in [2.05, 4.69) is 133 Å². The summed E-state index contributed by atoms with van der Waals surface area (Å²) < 4.78 is 8.31. The molecule has 0 saturated carbocycles. The monoisotopic (exact) mass is 982 g/mol. The fourth-order valence-corrected chi connectivity index (χ4v) is 11.6. The highest BCUT2D eigenvalue weighted by Gasteiger charge is 2.44. The molecule has 358 valence electrons. The summed E-state index contributed by atoms with van der Waals surface area (Å²) in [6.07, 6.45) is 27.5. The largest absolute Gasteiger partial charge is 0.492 e. The number of fused-ring (bicyclic) bond motifs is 2. The maximum absolute atomic E-state index is 11.1. The molecule has 3 aromatic carbocycles. The molecule has 0 saturated heterocycles. The van der Waals surface area contributed by atoms with Crippen LogP contribution in [0.4, 0.5) is 11.4 Å². The molecule has 0 spiro atoms. The summed E-state index contributed by atoms with van der Waals surface area (Å²) in [4.78, 5) is 16.0. The molecule has 0 bridgehead atoms. The van der Waals surface area contributed by atoms with E-state index in [9.17, 15) is 4.79 Å². The number of para-hydroxylation sites is 2. The quantitative estimate of drug-likeness (QED) is 0.0491. The van der Waals surface area contributed by atoms with Crippen LogP contribution in [0.3, 0.4) is 0 Å². The van der Waals surface area contributed by atoms with Crippen molar-refractivity contribution in [2.45, 2.75) is 122 Å². The molecule has 2 heterocycles. The van der Waals surface area contributed by atoms with Gasteiger partial charge >= 0.3 is 5.97 Å². The SMILES string of the molecule is C#CCN(CCCOc1ccc(Cl)cc1Cl)CCCSCCCCCCN1/C(=C\C=C2/CCCC(/C=C/C3=[N+](CCCCCC(=O)O)c4ccccc4C3(C)C)=C2Cl)C(C)(C)c2ccccc21. The molecule has 1 N–H and O–H groups in total. The number of carbonyl (C=O) groups is 1. The number of allylic oxidation sites excluding steroid dienone is 8. The minimum absolute atomic E-state index is 0.121. The summed E-state index contributed by atoms with van der Waals surface area (Å²) >= 11 is 21.6. The van der Waals surface area contributed by atoms with Crippen LogP contribution in [0.15, 0.2) is 113 Å². The van der Waals surface area contributed by atoms with Gasteiger partial charge in [-0.2, -0.15) is 16.3 Å². The summed E-state index contributed by atoms with van der Waals surface area (Å²) in [5, 5.41) is 11.1. The van der Waals surface area contributed by atoms with Crippen LogP contribution in [0.2, 0.25) is 10.0 Å². The van der Waals surface area contributed by atoms with Crippen LogP contribution in [0, 0.1) is 12.3 Å². The highest BCUT2D eigenvalue weighted by molar-refractivity contribution is 7.99. The molecule has 0 aromatic heterocycles. The van der Waals surface area contributed by atoms with Crippen LogP contribution >= 0.6 is 46.6 Å². The number of terminal acetylenes is 1. The van der Waals surface area contributed by atoms with Gasteiger partial charge < -0.3 is 14.7 Å². The zero-order valence-corrected chi connectivity index (χ0v) is 43.3. The molecule has 0 atom stereocenters. The number of nitrogens with zero attached hydrogens (tertiary/aromatic N) is 3. The molecule has 67 heavy (non-hydrogen) atoms. The van der Waals surface area contributed by atoms with Gasteiger partial charge in [0.25, 0.3) is 0 Å². The van der Waals surface area contributed by atoms with Gasteiger partial charge in [0.1, 0.15) is 12.3 Å². The van der Waals surface area contributed by atoms with Gasteiger partial charge in [0.15, 0.2) is 5.71 Å². The van der Waals surface area contributed by atoms with Crippen LogP contribution < -0.4 is 9.64 Å². The fourth-order valence-electron chi connectivity index (χ4n) is 9.84. The number of halogens is 3. The van der Waals surface area contributed by atoms with Crippen LogP contribution in [0.1, 0.15) is 122 Å². The van der Waals surface area contributed by atoms with Crippen LogP contribution in [-0.4, -0.2) is 77.1 Å². The maximum Gasteiger partial charge on any atom is 0.303 e. The van der Waals surface area contributed by atoms with Crippen molar-refractivity contribution in [3.05, 3.63) is 134 Å². The van der Waals surface area contributed by atoms with E-state index in [0.29, 0.717) is 35.4 Å². The van der Waals surface area contributed by atoms with Crippen molar-refractivity contribution >= 4 is 69.6 Å². The Morgan fingerprint density at radius 3 is 2.37 bits per heavy atom. The first-order valence-corrected chi connectivity index (χ1v) is 26.7. The number of unbranched alkanes of at least 4 members (excludes halogenated alkanes) is 5. The van der Waals surface area contributed by atoms with Crippen molar-refractivity contribution in [2.24, 2.45) is 0 Å². The standard InChI is InChI=1S/C57H70Cl3N3O3S/c1-6-34-61(35-19-39-66-51-31-30-45(58)42-48(51)59)36-20-41-67-40-17-8-7-15-37-62-49-25-13-11-23-46(49)56(2,3)52(62)32-28-43-21-18-22-44(55(43)60)29-33-53-57(4,5)47-24-12-14-26-50(47)63(53)38-16-9-10-27-54(64)65/h1,11-14,23-26,28-33,42H,7-10,15-22,27,34-41H2,2-5H3/p+1. The predicted molar refractivity (Wildman–Crippen MR) is 286 cm³/mol. The zero-order valence-electron chi connectivity index (χ0n) is 40.2. The molecule has 2 aliphatic heterocycles. The number of ether oxygens (including phenoxy) is 1. The summed E-state index contributed by atoms with van der Waals surface area (Å²) in [5.41, 5.74) is 9.97. The smallest absolute Gasteiger partial charge is 0.303 e. The Balaban J connectivity index is 1.01. The fraction of sp³-hybridized carbons (Fsp3) is 0.474. The van der Waals surface area contributed by atoms with E-state index in [1.807, 2.05) is 6.07 Å². The average molecular weight is 985 g/mol. The molecule has 0 amide bonds. The Labute approximate surface area is 421 Å². The zero-order chi connectivity index (χ0) is 47.8. The van der Waals surface area contributed by atoms with E-state index >= 15 is 0 Å². The third kappa shape index (κ3) is 14.1. The van der Waals surface area contributed by atoms with E-state index in [4.69, 9.17) is 51.1 Å². The van der Waals surface area contributed by atoms with Crippen molar-refractivity contribution < 1.29 is 19.2 Å². The second kappa shape index (κ2) is 25.6. The number of rotatable bonds is 26. The van der Waals surface area contributed by atoms with Crippen molar-refractivity contribution in [3.63, 3.8) is 0 Å². The second-order valence-corrected chi connectivity index (χ2v) is 21.5. The van der Waals surface area contributed by atoms with Crippen molar-refractivity contribution in [1.82, 2.24) is 4.90 Å². The van der Waals surface area contributed by atoms with Crippen molar-refractivity contribution in [1.29, 1.82) is 0 Å². The summed E-state index contributed by atoms with van der Waals surface area (Å²) in [6, 6.07) is 22.9.